The van der Waals surface area contributed by atoms with Crippen molar-refractivity contribution in [1.29, 1.82) is 0 Å². The van der Waals surface area contributed by atoms with E-state index in [0.717, 1.165) is 0 Å². The molecule has 0 fully saturated rings. The quantitative estimate of drug-likeness (QED) is 0.649. The molecule has 0 aliphatic heterocycles. The van der Waals surface area contributed by atoms with Gasteiger partial charge in [0, 0.05) is 0 Å². The Kier molecular flexibility index (Phi) is 3.24. The van der Waals surface area contributed by atoms with Gasteiger partial charge < -0.3 is 9.84 Å². The van der Waals surface area contributed by atoms with Crippen LogP contribution in [0.5, 0.6) is 5.75 Å². The Morgan fingerprint density at radius 1 is 1.57 bits per heavy atom. The van der Waals surface area contributed by atoms with Gasteiger partial charge >= 0.3 is 5.97 Å². The molecular weight excluding hydrogens is 252 g/mol. The van der Waals surface area contributed by atoms with Crippen molar-refractivity contribution in [1.82, 2.24) is 0 Å². The molecule has 0 saturated carbocycles. The minimum atomic E-state index is -0.658. The van der Waals surface area contributed by atoms with E-state index in [1.807, 2.05) is 0 Å². The van der Waals surface area contributed by atoms with Gasteiger partial charge in [-0.1, -0.05) is 0 Å². The Morgan fingerprint density at radius 2 is 2.21 bits per heavy atom. The molecule has 0 aliphatic rings. The molecule has 1 aromatic rings. The van der Waals surface area contributed by atoms with Gasteiger partial charge in [0.05, 0.1) is 22.7 Å². The van der Waals surface area contributed by atoms with Crippen LogP contribution in [0.2, 0.25) is 0 Å². The largest absolute Gasteiger partial charge is 0.506 e. The predicted octanol–water partition coefficient (Wildman–Crippen LogP) is 1.75. The summed E-state index contributed by atoms with van der Waals surface area (Å²) in [7, 11) is 1.20. The van der Waals surface area contributed by atoms with Gasteiger partial charge in [0.2, 0.25) is 0 Å². The molecule has 4 nitrogen and oxygen atoms in total. The second-order valence-electron chi connectivity index (χ2n) is 2.47. The number of halogens is 1. The average molecular weight is 259 g/mol. The van der Waals surface area contributed by atoms with E-state index < -0.39 is 5.97 Å². The summed E-state index contributed by atoms with van der Waals surface area (Å²) in [6, 6.07) is 2.87. The van der Waals surface area contributed by atoms with Crippen LogP contribution in [0.4, 0.5) is 0 Å². The van der Waals surface area contributed by atoms with Crippen LogP contribution in [0.1, 0.15) is 20.7 Å². The molecule has 0 saturated heterocycles. The van der Waals surface area contributed by atoms with E-state index in [9.17, 15) is 14.7 Å². The molecular formula is C9H7BrO4. The van der Waals surface area contributed by atoms with E-state index in [4.69, 9.17) is 0 Å². The third-order valence-corrected chi connectivity index (χ3v) is 2.33. The van der Waals surface area contributed by atoms with Crippen LogP contribution < -0.4 is 0 Å². The Morgan fingerprint density at radius 3 is 2.71 bits per heavy atom. The fourth-order valence-electron chi connectivity index (χ4n) is 0.989. The fraction of sp³-hybridized carbons (Fsp3) is 0.111. The number of carbonyl (C=O) groups excluding carboxylic acids is 2. The van der Waals surface area contributed by atoms with E-state index in [1.165, 1.54) is 19.2 Å². The summed E-state index contributed by atoms with van der Waals surface area (Å²) in [6.45, 7) is 0. The van der Waals surface area contributed by atoms with Gasteiger partial charge in [-0.3, -0.25) is 4.79 Å². The Bertz CT molecular complexity index is 387. The second kappa shape index (κ2) is 4.23. The van der Waals surface area contributed by atoms with Crippen LogP contribution in [-0.4, -0.2) is 24.5 Å². The van der Waals surface area contributed by atoms with Crippen molar-refractivity contribution >= 4 is 28.2 Å². The zero-order chi connectivity index (χ0) is 10.7. The first kappa shape index (κ1) is 10.7. The standard InChI is InChI=1S/C9H7BrO4/c1-14-9(13)5-2-3-7(10)8(12)6(5)4-11/h2-4,12H,1H3. The number of aromatic hydroxyl groups is 1. The van der Waals surface area contributed by atoms with Crippen LogP contribution in [0.25, 0.3) is 0 Å². The van der Waals surface area contributed by atoms with Crippen molar-refractivity contribution in [3.8, 4) is 5.75 Å². The number of hydrogen-bond donors (Lipinski definition) is 1. The van der Waals surface area contributed by atoms with Crippen LogP contribution in [0, 0.1) is 0 Å². The molecule has 1 N–H and O–H groups in total. The van der Waals surface area contributed by atoms with Gasteiger partial charge in [-0.05, 0) is 28.1 Å². The van der Waals surface area contributed by atoms with E-state index >= 15 is 0 Å². The molecule has 0 bridgehead atoms. The Labute approximate surface area is 88.6 Å². The molecule has 0 heterocycles. The first-order valence-electron chi connectivity index (χ1n) is 3.66. The number of carbonyl (C=O) groups is 2. The molecule has 1 aromatic carbocycles. The minimum Gasteiger partial charge on any atom is -0.506 e. The van der Waals surface area contributed by atoms with Crippen molar-refractivity contribution in [2.75, 3.05) is 7.11 Å². The van der Waals surface area contributed by atoms with E-state index in [-0.39, 0.29) is 16.9 Å². The Hall–Kier alpha value is -1.36. The maximum atomic E-state index is 11.1. The molecule has 0 unspecified atom stereocenters. The third kappa shape index (κ3) is 1.77. The normalized spacial score (nSPS) is 9.57. The number of phenols is 1. The molecule has 0 amide bonds. The number of aldehydes is 1. The molecule has 5 heteroatoms. The summed E-state index contributed by atoms with van der Waals surface area (Å²) in [4.78, 5) is 21.8. The molecule has 0 aliphatic carbocycles. The first-order chi connectivity index (χ1) is 6.61. The van der Waals surface area contributed by atoms with E-state index in [2.05, 4.69) is 20.7 Å². The molecule has 0 aromatic heterocycles. The van der Waals surface area contributed by atoms with E-state index in [0.29, 0.717) is 10.8 Å². The number of hydrogen-bond acceptors (Lipinski definition) is 4. The summed E-state index contributed by atoms with van der Waals surface area (Å²) in [5, 5.41) is 9.44. The van der Waals surface area contributed by atoms with Gasteiger partial charge in [0.15, 0.2) is 6.29 Å². The molecule has 74 valence electrons. The van der Waals surface area contributed by atoms with Crippen LogP contribution >= 0.6 is 15.9 Å². The number of ether oxygens (including phenoxy) is 1. The van der Waals surface area contributed by atoms with Crippen LogP contribution in [0.3, 0.4) is 0 Å². The predicted molar refractivity (Wildman–Crippen MR) is 52.5 cm³/mol. The topological polar surface area (TPSA) is 63.6 Å². The number of benzene rings is 1. The lowest BCUT2D eigenvalue weighted by Crippen LogP contribution is -2.05. The average Bonchev–Trinajstić information content (AvgIpc) is 2.20. The molecule has 0 spiro atoms. The highest BCUT2D eigenvalue weighted by Crippen LogP contribution is 2.29. The van der Waals surface area contributed by atoms with Gasteiger partial charge in [-0.15, -0.1) is 0 Å². The van der Waals surface area contributed by atoms with Crippen molar-refractivity contribution in [2.24, 2.45) is 0 Å². The van der Waals surface area contributed by atoms with Crippen molar-refractivity contribution in [3.05, 3.63) is 27.7 Å². The monoisotopic (exact) mass is 258 g/mol. The highest BCUT2D eigenvalue weighted by atomic mass is 79.9. The second-order valence-corrected chi connectivity index (χ2v) is 3.32. The molecule has 0 radical (unpaired) electrons. The minimum absolute atomic E-state index is 0.0446. The number of phenolic OH excluding ortho intramolecular Hbond substituents is 1. The van der Waals surface area contributed by atoms with Crippen molar-refractivity contribution in [3.63, 3.8) is 0 Å². The summed E-state index contributed by atoms with van der Waals surface area (Å²) in [5.41, 5.74) is -0.0329. The summed E-state index contributed by atoms with van der Waals surface area (Å²) < 4.78 is 4.80. The van der Waals surface area contributed by atoms with Gasteiger partial charge in [0.1, 0.15) is 5.75 Å². The van der Waals surface area contributed by atoms with Crippen molar-refractivity contribution in [2.45, 2.75) is 0 Å². The highest BCUT2D eigenvalue weighted by molar-refractivity contribution is 9.10. The third-order valence-electron chi connectivity index (χ3n) is 1.69. The van der Waals surface area contributed by atoms with Gasteiger partial charge in [-0.25, -0.2) is 4.79 Å². The zero-order valence-corrected chi connectivity index (χ0v) is 8.87. The lowest BCUT2D eigenvalue weighted by Gasteiger charge is -2.05. The first-order valence-corrected chi connectivity index (χ1v) is 4.46. The van der Waals surface area contributed by atoms with Crippen LogP contribution in [0.15, 0.2) is 16.6 Å². The maximum Gasteiger partial charge on any atom is 0.338 e. The Balaban J connectivity index is 3.38. The lowest BCUT2D eigenvalue weighted by molar-refractivity contribution is 0.0597. The van der Waals surface area contributed by atoms with E-state index in [1.54, 1.807) is 0 Å². The summed E-state index contributed by atoms with van der Waals surface area (Å²) in [5.74, 6) is -0.919. The summed E-state index contributed by atoms with van der Waals surface area (Å²) >= 11 is 3.03. The van der Waals surface area contributed by atoms with Crippen LogP contribution in [-0.2, 0) is 4.74 Å². The smallest absolute Gasteiger partial charge is 0.338 e. The van der Waals surface area contributed by atoms with Gasteiger partial charge in [0.25, 0.3) is 0 Å². The number of methoxy groups -OCH3 is 1. The maximum absolute atomic E-state index is 11.1. The molecule has 0 atom stereocenters. The lowest BCUT2D eigenvalue weighted by atomic mass is 10.1. The van der Waals surface area contributed by atoms with Gasteiger partial charge in [-0.2, -0.15) is 0 Å². The SMILES string of the molecule is COC(=O)c1ccc(Br)c(O)c1C=O. The molecule has 14 heavy (non-hydrogen) atoms. The zero-order valence-electron chi connectivity index (χ0n) is 7.28. The molecule has 1 rings (SSSR count). The number of rotatable bonds is 2. The summed E-state index contributed by atoms with van der Waals surface area (Å²) in [6.07, 6.45) is 0.409. The fourth-order valence-corrected chi connectivity index (χ4v) is 1.33. The highest BCUT2D eigenvalue weighted by Gasteiger charge is 2.16. The van der Waals surface area contributed by atoms with Crippen molar-refractivity contribution < 1.29 is 19.4 Å². The number of esters is 1.